The molecule has 2 aliphatic rings. The fraction of sp³-hybridized carbons (Fsp3) is 0.317. The maximum atomic E-state index is 16.4. The van der Waals surface area contributed by atoms with Crippen LogP contribution in [0.2, 0.25) is 0 Å². The highest BCUT2D eigenvalue weighted by Crippen LogP contribution is 2.51. The van der Waals surface area contributed by atoms with Crippen LogP contribution in [0.4, 0.5) is 0 Å². The molecule has 2 aliphatic heterocycles. The fourth-order valence-electron chi connectivity index (χ4n) is 14.4. The van der Waals surface area contributed by atoms with Crippen LogP contribution in [0.25, 0.3) is 67.4 Å². The molecule has 2 heterocycles. The molecule has 14 nitrogen and oxygen atoms in total. The van der Waals surface area contributed by atoms with E-state index in [0.29, 0.717) is 83.7 Å². The molecule has 520 valence electrons. The van der Waals surface area contributed by atoms with Gasteiger partial charge in [0.25, 0.3) is 23.6 Å². The zero-order valence-corrected chi connectivity index (χ0v) is 60.5. The van der Waals surface area contributed by atoms with Crippen molar-refractivity contribution in [2.75, 3.05) is 0 Å². The number of imide groups is 2. The van der Waals surface area contributed by atoms with E-state index < -0.39 is 75.1 Å². The van der Waals surface area contributed by atoms with Crippen LogP contribution < -0.4 is 0 Å². The Balaban J connectivity index is 1.33. The summed E-state index contributed by atoms with van der Waals surface area (Å²) in [5.74, 6) is -2.79. The predicted molar refractivity (Wildman–Crippen MR) is 402 cm³/mol. The van der Waals surface area contributed by atoms with Crippen molar-refractivity contribution in [2.45, 2.75) is 188 Å². The summed E-state index contributed by atoms with van der Waals surface area (Å²) in [4.78, 5) is 68.1. The quantitative estimate of drug-likeness (QED) is 0.0160. The van der Waals surface area contributed by atoms with Gasteiger partial charge in [-0.25, -0.2) is 33.7 Å². The summed E-state index contributed by atoms with van der Waals surface area (Å²) >= 11 is 0. The number of fused-ring (bicyclic) bond motifs is 2. The monoisotopic (exact) mass is 1420 g/mol. The van der Waals surface area contributed by atoms with Crippen LogP contribution in [-0.4, -0.2) is 79.2 Å². The summed E-state index contributed by atoms with van der Waals surface area (Å²) in [5.41, 5.74) is 0.128. The molecule has 4 amide bonds. The van der Waals surface area contributed by atoms with Crippen molar-refractivity contribution in [3.05, 3.63) is 212 Å². The number of carbonyl (C=O) groups is 4. The first-order valence-electron chi connectivity index (χ1n) is 35.2. The normalized spacial score (nSPS) is 14.2. The first-order valence-corrected chi connectivity index (χ1v) is 41.4. The molecular weight excluding hydrogens is 1330 g/mol. The van der Waals surface area contributed by atoms with E-state index in [1.54, 1.807) is 97.1 Å². The summed E-state index contributed by atoms with van der Waals surface area (Å²) in [6, 6.07) is 36.4. The van der Waals surface area contributed by atoms with Gasteiger partial charge in [0.2, 0.25) is 0 Å². The lowest BCUT2D eigenvalue weighted by Gasteiger charge is -2.37. The van der Waals surface area contributed by atoms with Gasteiger partial charge in [0.15, 0.2) is 39.3 Å². The number of hydrogen-bond acceptors (Lipinski definition) is 12. The molecule has 0 fully saturated rings. The number of carbonyl (C=O) groups excluding carboxylic acids is 4. The minimum Gasteiger partial charge on any atom is -0.271 e. The molecule has 100 heavy (non-hydrogen) atoms. The number of nitrogens with zero attached hydrogens (tertiary/aromatic N) is 2. The van der Waals surface area contributed by atoms with Crippen LogP contribution in [0.3, 0.4) is 0 Å². The van der Waals surface area contributed by atoms with Crippen molar-refractivity contribution < 1.29 is 52.8 Å². The number of unbranched alkanes of at least 4 members (excludes halogenated alkanes) is 12. The Hall–Kier alpha value is -8.68. The largest absolute Gasteiger partial charge is 0.271 e. The molecule has 0 saturated carbocycles. The number of sulfone groups is 4. The zero-order chi connectivity index (χ0) is 70.9. The number of rotatable bonds is 34. The summed E-state index contributed by atoms with van der Waals surface area (Å²) in [6.45, 7) is 8.38. The van der Waals surface area contributed by atoms with E-state index in [4.69, 9.17) is 0 Å². The van der Waals surface area contributed by atoms with E-state index in [1.807, 2.05) is 0 Å². The average Bonchev–Trinajstić information content (AvgIpc) is 0.673. The van der Waals surface area contributed by atoms with Gasteiger partial charge in [-0.15, -0.1) is 0 Å². The van der Waals surface area contributed by atoms with E-state index >= 15 is 19.2 Å². The molecule has 0 spiro atoms. The standard InChI is InChI=1S/C82H86N2O12S4/c1-5-9-13-21-33-61(34-22-14-10-6-2)83-79(85)71-57(45-49-97(89,90)63-37-25-17-26-38-63)53-67-69-55-59(47-51-99(93,94)65-41-29-19-30-42-65)73-78-74(82(88)84(81(73)87)62(35-23-15-11-7-3)36-24-16-12-8-4)60(48-52-100(95,96)66-43-31-20-32-44-66)56-70(76(69)78)68-54-58(72(80(83)86)77(71)75(67)68)46-50-98(91,92)64-39-27-18-28-40-64/h17-20,25-32,37-56,61-62H,5-16,21-24,33-36H2,1-4H3/b49-45-,50-46+,51-47+,52-48+. The number of hydrogen-bond donors (Lipinski definition) is 0. The lowest BCUT2D eigenvalue weighted by Crippen LogP contribution is -2.48. The lowest BCUT2D eigenvalue weighted by atomic mass is 9.77. The minimum absolute atomic E-state index is 0.0375. The van der Waals surface area contributed by atoms with Gasteiger partial charge in [0.1, 0.15) is 0 Å². The summed E-state index contributed by atoms with van der Waals surface area (Å²) in [5, 5.41) is 5.98. The van der Waals surface area contributed by atoms with Crippen molar-refractivity contribution in [1.82, 2.24) is 9.80 Å². The van der Waals surface area contributed by atoms with E-state index in [0.717, 1.165) is 98.7 Å². The van der Waals surface area contributed by atoms with Gasteiger partial charge in [0.05, 0.1) is 41.8 Å². The van der Waals surface area contributed by atoms with Crippen LogP contribution in [-0.2, 0) is 39.3 Å². The Morgan fingerprint density at radius 2 is 0.500 bits per heavy atom. The van der Waals surface area contributed by atoms with Crippen molar-refractivity contribution in [2.24, 2.45) is 0 Å². The summed E-state index contributed by atoms with van der Waals surface area (Å²) < 4.78 is 117. The van der Waals surface area contributed by atoms with E-state index in [9.17, 15) is 33.7 Å². The van der Waals surface area contributed by atoms with Crippen LogP contribution in [0, 0.1) is 0 Å². The highest BCUT2D eigenvalue weighted by molar-refractivity contribution is 7.95. The topological polar surface area (TPSA) is 211 Å². The second-order valence-corrected chi connectivity index (χ2v) is 33.7. The minimum atomic E-state index is -4.27. The van der Waals surface area contributed by atoms with Gasteiger partial charge in [-0.2, -0.15) is 0 Å². The summed E-state index contributed by atoms with van der Waals surface area (Å²) in [6.07, 6.45) is 20.7. The van der Waals surface area contributed by atoms with Crippen LogP contribution in [0.1, 0.15) is 220 Å². The molecular formula is C82H86N2O12S4. The first kappa shape index (κ1) is 72.6. The molecule has 9 aromatic carbocycles. The maximum Gasteiger partial charge on any atom is 0.262 e. The molecule has 0 bridgehead atoms. The SMILES string of the molecule is CCCCCCC(CCCCCC)N1C(=O)c2c(/C=C\S(=O)(=O)c3ccccc3)cc3c4cc(/C=C/S(=O)(=O)c5ccccc5)c5c6c(c(/C=C/S(=O)(=O)c7ccccc7)cc(c7cc(/C=C/S(=O)(=O)c8ccccc8)c(c2c37)C1=O)c64)C(=O)N(C(CCCCCC)CCCCCC)C5=O. The van der Waals surface area contributed by atoms with Gasteiger partial charge >= 0.3 is 0 Å². The van der Waals surface area contributed by atoms with E-state index in [-0.39, 0.29) is 74.9 Å². The van der Waals surface area contributed by atoms with Gasteiger partial charge < -0.3 is 0 Å². The van der Waals surface area contributed by atoms with Crippen LogP contribution in [0.15, 0.2) is 187 Å². The Morgan fingerprint density at radius 3 is 0.700 bits per heavy atom. The zero-order valence-electron chi connectivity index (χ0n) is 57.2. The molecule has 0 aliphatic carbocycles. The molecule has 0 unspecified atom stereocenters. The third-order valence-electron chi connectivity index (χ3n) is 19.5. The first-order chi connectivity index (χ1) is 48.2. The van der Waals surface area contributed by atoms with E-state index in [1.165, 1.54) is 82.6 Å². The van der Waals surface area contributed by atoms with Gasteiger partial charge in [0, 0.05) is 44.5 Å². The van der Waals surface area contributed by atoms with Crippen molar-refractivity contribution in [3.63, 3.8) is 0 Å². The molecule has 11 rings (SSSR count). The Labute approximate surface area is 588 Å². The average molecular weight is 1420 g/mol. The third kappa shape index (κ3) is 15.0. The molecule has 0 radical (unpaired) electrons. The van der Waals surface area contributed by atoms with Crippen LogP contribution in [0.5, 0.6) is 0 Å². The van der Waals surface area contributed by atoms with Crippen LogP contribution >= 0.6 is 0 Å². The van der Waals surface area contributed by atoms with Gasteiger partial charge in [-0.3, -0.25) is 29.0 Å². The lowest BCUT2D eigenvalue weighted by molar-refractivity contribution is 0.0501. The summed E-state index contributed by atoms with van der Waals surface area (Å²) in [7, 11) is -17.1. The van der Waals surface area contributed by atoms with Crippen molar-refractivity contribution in [3.8, 4) is 0 Å². The number of benzene rings is 9. The Morgan fingerprint density at radius 1 is 0.290 bits per heavy atom. The Kier molecular flexibility index (Phi) is 22.8. The molecule has 0 atom stereocenters. The third-order valence-corrected chi connectivity index (χ3v) is 25.2. The molecule has 0 saturated heterocycles. The van der Waals surface area contributed by atoms with Crippen molar-refractivity contribution in [1.29, 1.82) is 0 Å². The predicted octanol–water partition coefficient (Wildman–Crippen LogP) is 19.3. The fourth-order valence-corrected chi connectivity index (χ4v) is 18.5. The number of amides is 4. The highest BCUT2D eigenvalue weighted by atomic mass is 32.2. The van der Waals surface area contributed by atoms with E-state index in [2.05, 4.69) is 27.7 Å². The van der Waals surface area contributed by atoms with Gasteiger partial charge in [-0.1, -0.05) is 203 Å². The highest BCUT2D eigenvalue weighted by Gasteiger charge is 2.44. The van der Waals surface area contributed by atoms with Gasteiger partial charge in [-0.05, 0) is 177 Å². The smallest absolute Gasteiger partial charge is 0.262 e. The second-order valence-electron chi connectivity index (χ2n) is 26.4. The molecule has 0 aromatic heterocycles. The molecule has 9 aromatic rings. The molecule has 18 heteroatoms. The second kappa shape index (κ2) is 31.5. The Bertz CT molecular complexity index is 4530. The maximum absolute atomic E-state index is 16.4. The van der Waals surface area contributed by atoms with Crippen molar-refractivity contribution >= 4 is 130 Å². The molecule has 0 N–H and O–H groups in total.